The van der Waals surface area contributed by atoms with Gasteiger partial charge in [0.1, 0.15) is 11.8 Å². The number of carbonyl (C=O) groups is 2. The van der Waals surface area contributed by atoms with E-state index in [4.69, 9.17) is 4.74 Å². The van der Waals surface area contributed by atoms with E-state index in [1.165, 1.54) is 0 Å². The van der Waals surface area contributed by atoms with Gasteiger partial charge in [0.2, 0.25) is 11.8 Å². The number of nitrogens with zero attached hydrogens (tertiary/aromatic N) is 1. The first-order valence-corrected chi connectivity index (χ1v) is 6.77. The highest BCUT2D eigenvalue weighted by Crippen LogP contribution is 2.23. The summed E-state index contributed by atoms with van der Waals surface area (Å²) in [5.74, 6) is 0.600. The second-order valence-electron chi connectivity index (χ2n) is 4.98. The summed E-state index contributed by atoms with van der Waals surface area (Å²) in [7, 11) is 1.61. The van der Waals surface area contributed by atoms with Crippen molar-refractivity contribution in [1.29, 1.82) is 0 Å². The molecule has 5 heteroatoms. The first-order chi connectivity index (χ1) is 9.56. The summed E-state index contributed by atoms with van der Waals surface area (Å²) in [4.78, 5) is 25.6. The number of methoxy groups -OCH3 is 1. The fourth-order valence-electron chi connectivity index (χ4n) is 2.52. The molecule has 0 bridgehead atoms. The lowest BCUT2D eigenvalue weighted by Crippen LogP contribution is -2.57. The summed E-state index contributed by atoms with van der Waals surface area (Å²) in [6, 6.07) is 5.44. The lowest BCUT2D eigenvalue weighted by atomic mass is 10.1. The van der Waals surface area contributed by atoms with Gasteiger partial charge in [-0.25, -0.2) is 0 Å². The molecule has 2 amide bonds. The van der Waals surface area contributed by atoms with Crippen LogP contribution in [0.3, 0.4) is 0 Å². The van der Waals surface area contributed by atoms with Gasteiger partial charge in [0.15, 0.2) is 0 Å². The second-order valence-corrected chi connectivity index (χ2v) is 4.98. The molecule has 20 heavy (non-hydrogen) atoms. The predicted octanol–water partition coefficient (Wildman–Crippen LogP) is 1.24. The minimum Gasteiger partial charge on any atom is -0.496 e. The van der Waals surface area contributed by atoms with Crippen molar-refractivity contribution in [3.63, 3.8) is 0 Å². The van der Waals surface area contributed by atoms with E-state index in [2.05, 4.69) is 5.32 Å². The van der Waals surface area contributed by atoms with Gasteiger partial charge >= 0.3 is 0 Å². The molecule has 2 rings (SSSR count). The van der Waals surface area contributed by atoms with Crippen molar-refractivity contribution < 1.29 is 14.3 Å². The molecule has 1 aliphatic rings. The smallest absolute Gasteiger partial charge is 0.243 e. The van der Waals surface area contributed by atoms with E-state index in [1.54, 1.807) is 12.0 Å². The van der Waals surface area contributed by atoms with Crippen LogP contribution < -0.4 is 10.1 Å². The molecule has 1 heterocycles. The Bertz CT molecular complexity index is 528. The molecule has 0 spiro atoms. The maximum Gasteiger partial charge on any atom is 0.243 e. The van der Waals surface area contributed by atoms with E-state index in [-0.39, 0.29) is 18.4 Å². The Balaban J connectivity index is 2.28. The average molecular weight is 276 g/mol. The highest BCUT2D eigenvalue weighted by atomic mass is 16.5. The van der Waals surface area contributed by atoms with Crippen LogP contribution in [0.1, 0.15) is 24.5 Å². The van der Waals surface area contributed by atoms with E-state index in [1.807, 2.05) is 32.0 Å². The Hall–Kier alpha value is -2.04. The molecule has 0 aromatic heterocycles. The summed E-state index contributed by atoms with van der Waals surface area (Å²) in [6.07, 6.45) is 0.603. The molecule has 1 atom stereocenters. The highest BCUT2D eigenvalue weighted by Gasteiger charge is 2.33. The fourth-order valence-corrected chi connectivity index (χ4v) is 2.52. The zero-order valence-electron chi connectivity index (χ0n) is 12.1. The predicted molar refractivity (Wildman–Crippen MR) is 75.4 cm³/mol. The maximum atomic E-state index is 12.1. The SMILES string of the molecule is CCC1C(=O)NCC(=O)N1Cc1cc(C)ccc1OC. The third kappa shape index (κ3) is 2.76. The van der Waals surface area contributed by atoms with Crippen LogP contribution in [0, 0.1) is 6.92 Å². The summed E-state index contributed by atoms with van der Waals surface area (Å²) >= 11 is 0. The molecule has 0 saturated carbocycles. The van der Waals surface area contributed by atoms with Crippen molar-refractivity contribution in [3.8, 4) is 5.75 Å². The second kappa shape index (κ2) is 5.94. The minimum absolute atomic E-state index is 0.0555. The molecule has 0 radical (unpaired) electrons. The van der Waals surface area contributed by atoms with E-state index in [0.717, 1.165) is 16.9 Å². The van der Waals surface area contributed by atoms with Crippen LogP contribution in [-0.2, 0) is 16.1 Å². The van der Waals surface area contributed by atoms with Gasteiger partial charge in [-0.2, -0.15) is 0 Å². The largest absolute Gasteiger partial charge is 0.496 e. The van der Waals surface area contributed by atoms with E-state index >= 15 is 0 Å². The number of hydrogen-bond acceptors (Lipinski definition) is 3. The van der Waals surface area contributed by atoms with Crippen molar-refractivity contribution in [2.45, 2.75) is 32.9 Å². The van der Waals surface area contributed by atoms with Crippen LogP contribution in [0.25, 0.3) is 0 Å². The molecular weight excluding hydrogens is 256 g/mol. The van der Waals surface area contributed by atoms with Gasteiger partial charge in [-0.1, -0.05) is 24.6 Å². The third-order valence-corrected chi connectivity index (χ3v) is 3.58. The van der Waals surface area contributed by atoms with E-state index in [9.17, 15) is 9.59 Å². The molecule has 108 valence electrons. The number of hydrogen-bond donors (Lipinski definition) is 1. The van der Waals surface area contributed by atoms with Crippen LogP contribution in [0.2, 0.25) is 0 Å². The van der Waals surface area contributed by atoms with Crippen LogP contribution in [0.4, 0.5) is 0 Å². The van der Waals surface area contributed by atoms with Crippen molar-refractivity contribution in [1.82, 2.24) is 10.2 Å². The molecule has 5 nitrogen and oxygen atoms in total. The molecule has 1 aromatic rings. The van der Waals surface area contributed by atoms with Gasteiger partial charge in [0.05, 0.1) is 20.2 Å². The number of nitrogens with one attached hydrogen (secondary N) is 1. The van der Waals surface area contributed by atoms with Gasteiger partial charge in [0.25, 0.3) is 0 Å². The Labute approximate surface area is 118 Å². The zero-order chi connectivity index (χ0) is 14.7. The summed E-state index contributed by atoms with van der Waals surface area (Å²) < 4.78 is 5.33. The fraction of sp³-hybridized carbons (Fsp3) is 0.467. The standard InChI is InChI=1S/C15H20N2O3/c1-4-12-15(19)16-8-14(18)17(12)9-11-7-10(2)5-6-13(11)20-3/h5-7,12H,4,8-9H2,1-3H3,(H,16,19). The number of piperazine rings is 1. The number of benzene rings is 1. The summed E-state index contributed by atoms with van der Waals surface area (Å²) in [5, 5.41) is 2.63. The maximum absolute atomic E-state index is 12.1. The lowest BCUT2D eigenvalue weighted by Gasteiger charge is -2.34. The average Bonchev–Trinajstić information content (AvgIpc) is 2.43. The minimum atomic E-state index is -0.401. The van der Waals surface area contributed by atoms with E-state index < -0.39 is 6.04 Å². The lowest BCUT2D eigenvalue weighted by molar-refractivity contribution is -0.146. The highest BCUT2D eigenvalue weighted by molar-refractivity contribution is 5.94. The van der Waals surface area contributed by atoms with Gasteiger partial charge in [-0.05, 0) is 19.4 Å². The Morgan fingerprint density at radius 2 is 2.15 bits per heavy atom. The number of amides is 2. The quantitative estimate of drug-likeness (QED) is 0.900. The van der Waals surface area contributed by atoms with Crippen LogP contribution in [0.5, 0.6) is 5.75 Å². The van der Waals surface area contributed by atoms with Crippen molar-refractivity contribution in [2.24, 2.45) is 0 Å². The third-order valence-electron chi connectivity index (χ3n) is 3.58. The monoisotopic (exact) mass is 276 g/mol. The molecule has 1 unspecified atom stereocenters. The van der Waals surface area contributed by atoms with Crippen molar-refractivity contribution in [2.75, 3.05) is 13.7 Å². The van der Waals surface area contributed by atoms with Gasteiger partial charge in [-0.15, -0.1) is 0 Å². The summed E-state index contributed by atoms with van der Waals surface area (Å²) in [5.41, 5.74) is 2.02. The number of rotatable bonds is 4. The molecule has 1 fully saturated rings. The topological polar surface area (TPSA) is 58.6 Å². The van der Waals surface area contributed by atoms with Crippen molar-refractivity contribution in [3.05, 3.63) is 29.3 Å². The Morgan fingerprint density at radius 3 is 2.80 bits per heavy atom. The molecule has 0 aliphatic carbocycles. The summed E-state index contributed by atoms with van der Waals surface area (Å²) in [6.45, 7) is 4.37. The molecular formula is C15H20N2O3. The van der Waals surface area contributed by atoms with Gasteiger partial charge in [-0.3, -0.25) is 9.59 Å². The van der Waals surface area contributed by atoms with Crippen LogP contribution >= 0.6 is 0 Å². The first kappa shape index (κ1) is 14.4. The van der Waals surface area contributed by atoms with Crippen LogP contribution in [-0.4, -0.2) is 36.4 Å². The molecule has 1 aliphatic heterocycles. The van der Waals surface area contributed by atoms with E-state index in [0.29, 0.717) is 13.0 Å². The van der Waals surface area contributed by atoms with Gasteiger partial charge < -0.3 is 15.0 Å². The normalized spacial score (nSPS) is 18.9. The van der Waals surface area contributed by atoms with Crippen LogP contribution in [0.15, 0.2) is 18.2 Å². The molecule has 1 aromatic carbocycles. The van der Waals surface area contributed by atoms with Gasteiger partial charge in [0, 0.05) is 5.56 Å². The molecule has 1 N–H and O–H groups in total. The molecule has 1 saturated heterocycles. The Morgan fingerprint density at radius 1 is 1.40 bits per heavy atom. The Kier molecular flexibility index (Phi) is 4.27. The van der Waals surface area contributed by atoms with Crippen molar-refractivity contribution >= 4 is 11.8 Å². The zero-order valence-corrected chi connectivity index (χ0v) is 12.1. The first-order valence-electron chi connectivity index (χ1n) is 6.77. The number of carbonyl (C=O) groups excluding carboxylic acids is 2. The number of aryl methyl sites for hydroxylation is 1. The number of ether oxygens (including phenoxy) is 1.